The van der Waals surface area contributed by atoms with E-state index in [1.54, 1.807) is 0 Å². The van der Waals surface area contributed by atoms with Gasteiger partial charge in [0.15, 0.2) is 0 Å². The summed E-state index contributed by atoms with van der Waals surface area (Å²) in [6.07, 6.45) is 2.59. The number of hydrogen-bond donors (Lipinski definition) is 2. The molecule has 3 nitrogen and oxygen atoms in total. The molecule has 0 saturated carbocycles. The third-order valence-electron chi connectivity index (χ3n) is 1.27. The van der Waals surface area contributed by atoms with Crippen LogP contribution in [0.25, 0.3) is 0 Å². The van der Waals surface area contributed by atoms with Gasteiger partial charge in [-0.1, -0.05) is 6.92 Å². The molecular weight excluding hydrogens is 126 g/mol. The van der Waals surface area contributed by atoms with Crippen molar-refractivity contribution in [3.05, 3.63) is 0 Å². The number of nitrogens with one attached hydrogen (secondary N) is 2. The van der Waals surface area contributed by atoms with Crippen molar-refractivity contribution in [1.29, 1.82) is 5.41 Å². The van der Waals surface area contributed by atoms with Gasteiger partial charge in [0.25, 0.3) is 0 Å². The van der Waals surface area contributed by atoms with E-state index in [9.17, 15) is 0 Å². The van der Waals surface area contributed by atoms with Crippen LogP contribution in [-0.4, -0.2) is 37.9 Å². The average Bonchev–Trinajstić information content (AvgIpc) is 1.90. The van der Waals surface area contributed by atoms with E-state index in [4.69, 9.17) is 5.41 Å². The summed E-state index contributed by atoms with van der Waals surface area (Å²) in [6.45, 7) is 4.85. The molecule has 10 heavy (non-hydrogen) atoms. The van der Waals surface area contributed by atoms with Crippen molar-refractivity contribution in [2.75, 3.05) is 26.8 Å². The van der Waals surface area contributed by atoms with Crippen LogP contribution in [0.4, 0.5) is 0 Å². The monoisotopic (exact) mass is 143 g/mol. The van der Waals surface area contributed by atoms with Crippen molar-refractivity contribution in [3.8, 4) is 0 Å². The molecule has 0 unspecified atom stereocenters. The third-order valence-corrected chi connectivity index (χ3v) is 1.27. The molecule has 0 bridgehead atoms. The fourth-order valence-corrected chi connectivity index (χ4v) is 0.904. The van der Waals surface area contributed by atoms with E-state index >= 15 is 0 Å². The summed E-state index contributed by atoms with van der Waals surface area (Å²) in [6, 6.07) is 0. The van der Waals surface area contributed by atoms with Gasteiger partial charge in [-0.15, -0.1) is 0 Å². The van der Waals surface area contributed by atoms with Crippen molar-refractivity contribution in [2.45, 2.75) is 13.3 Å². The molecule has 0 aliphatic rings. The highest BCUT2D eigenvalue weighted by molar-refractivity contribution is 5.55. The first-order valence-electron chi connectivity index (χ1n) is 3.71. The number of hydrogen-bond acceptors (Lipinski definition) is 3. The van der Waals surface area contributed by atoms with E-state index < -0.39 is 0 Å². The van der Waals surface area contributed by atoms with Crippen LogP contribution in [0.5, 0.6) is 0 Å². The zero-order chi connectivity index (χ0) is 7.82. The van der Waals surface area contributed by atoms with Crippen LogP contribution >= 0.6 is 0 Å². The average molecular weight is 143 g/mol. The van der Waals surface area contributed by atoms with Crippen molar-refractivity contribution in [1.82, 2.24) is 10.2 Å². The Morgan fingerprint density at radius 2 is 2.30 bits per heavy atom. The summed E-state index contributed by atoms with van der Waals surface area (Å²) in [4.78, 5) is 2.19. The molecular formula is C7H17N3. The van der Waals surface area contributed by atoms with Crippen LogP contribution in [0.15, 0.2) is 0 Å². The van der Waals surface area contributed by atoms with E-state index in [1.807, 2.05) is 7.05 Å². The normalized spacial score (nSPS) is 10.3. The Kier molecular flexibility index (Phi) is 6.43. The SMILES string of the molecule is CCCN(CC=N)CNC. The molecule has 60 valence electrons. The highest BCUT2D eigenvalue weighted by atomic mass is 15.2. The standard InChI is InChI=1S/C7H17N3/c1-3-5-10(6-4-8)7-9-2/h4,8-9H,3,5-7H2,1-2H3. The highest BCUT2D eigenvalue weighted by Gasteiger charge is 1.97. The molecule has 3 heteroatoms. The first kappa shape index (κ1) is 9.59. The summed E-state index contributed by atoms with van der Waals surface area (Å²) in [5.41, 5.74) is 0. The van der Waals surface area contributed by atoms with Crippen LogP contribution in [0.1, 0.15) is 13.3 Å². The quantitative estimate of drug-likeness (QED) is 0.420. The molecule has 0 aromatic carbocycles. The van der Waals surface area contributed by atoms with Crippen molar-refractivity contribution in [2.24, 2.45) is 0 Å². The molecule has 2 N–H and O–H groups in total. The lowest BCUT2D eigenvalue weighted by atomic mass is 10.4. The fourth-order valence-electron chi connectivity index (χ4n) is 0.904. The van der Waals surface area contributed by atoms with Crippen LogP contribution in [-0.2, 0) is 0 Å². The molecule has 0 aromatic rings. The van der Waals surface area contributed by atoms with Gasteiger partial charge in [-0.3, -0.25) is 4.90 Å². The van der Waals surface area contributed by atoms with Crippen LogP contribution in [0, 0.1) is 5.41 Å². The molecule has 0 spiro atoms. The molecule has 0 aliphatic heterocycles. The molecule has 0 aromatic heterocycles. The van der Waals surface area contributed by atoms with Gasteiger partial charge in [0.2, 0.25) is 0 Å². The summed E-state index contributed by atoms with van der Waals surface area (Å²) in [5.74, 6) is 0. The Hall–Kier alpha value is -0.410. The van der Waals surface area contributed by atoms with Crippen LogP contribution in [0.2, 0.25) is 0 Å². The number of rotatable bonds is 6. The van der Waals surface area contributed by atoms with Crippen molar-refractivity contribution >= 4 is 6.21 Å². The smallest absolute Gasteiger partial charge is 0.0481 e. The molecule has 0 heterocycles. The van der Waals surface area contributed by atoms with Crippen molar-refractivity contribution in [3.63, 3.8) is 0 Å². The van der Waals surface area contributed by atoms with Gasteiger partial charge in [0.05, 0.1) is 0 Å². The summed E-state index contributed by atoms with van der Waals surface area (Å²) < 4.78 is 0. The van der Waals surface area contributed by atoms with Gasteiger partial charge < -0.3 is 10.7 Å². The Bertz CT molecular complexity index is 76.9. The molecule has 0 saturated heterocycles. The topological polar surface area (TPSA) is 39.1 Å². The number of nitrogens with zero attached hydrogens (tertiary/aromatic N) is 1. The first-order valence-corrected chi connectivity index (χ1v) is 3.71. The van der Waals surface area contributed by atoms with Gasteiger partial charge in [-0.05, 0) is 20.0 Å². The minimum atomic E-state index is 0.759. The second-order valence-electron chi connectivity index (χ2n) is 2.29. The van der Waals surface area contributed by atoms with E-state index in [2.05, 4.69) is 17.1 Å². The van der Waals surface area contributed by atoms with E-state index in [0.717, 1.165) is 26.2 Å². The largest absolute Gasteiger partial charge is 0.312 e. The van der Waals surface area contributed by atoms with Gasteiger partial charge in [-0.2, -0.15) is 0 Å². The molecule has 0 atom stereocenters. The fraction of sp³-hybridized carbons (Fsp3) is 0.857. The molecule has 0 amide bonds. The lowest BCUT2D eigenvalue weighted by molar-refractivity contribution is 0.298. The summed E-state index contributed by atoms with van der Waals surface area (Å²) in [7, 11) is 1.92. The Morgan fingerprint density at radius 1 is 1.60 bits per heavy atom. The van der Waals surface area contributed by atoms with Gasteiger partial charge in [0.1, 0.15) is 0 Å². The third kappa shape index (κ3) is 4.47. The van der Waals surface area contributed by atoms with Crippen molar-refractivity contribution < 1.29 is 0 Å². The lowest BCUT2D eigenvalue weighted by Crippen LogP contribution is -2.34. The molecule has 0 aliphatic carbocycles. The molecule has 0 fully saturated rings. The Balaban J connectivity index is 3.38. The minimum absolute atomic E-state index is 0.759. The maximum absolute atomic E-state index is 6.90. The zero-order valence-corrected chi connectivity index (χ0v) is 6.85. The van der Waals surface area contributed by atoms with E-state index in [0.29, 0.717) is 0 Å². The minimum Gasteiger partial charge on any atom is -0.312 e. The lowest BCUT2D eigenvalue weighted by Gasteiger charge is -2.17. The second kappa shape index (κ2) is 6.71. The predicted molar refractivity (Wildman–Crippen MR) is 44.6 cm³/mol. The van der Waals surface area contributed by atoms with E-state index in [1.165, 1.54) is 6.21 Å². The van der Waals surface area contributed by atoms with Gasteiger partial charge in [-0.25, -0.2) is 0 Å². The summed E-state index contributed by atoms with van der Waals surface area (Å²) >= 11 is 0. The van der Waals surface area contributed by atoms with Gasteiger partial charge in [0, 0.05) is 19.4 Å². The van der Waals surface area contributed by atoms with Gasteiger partial charge >= 0.3 is 0 Å². The first-order chi connectivity index (χ1) is 4.85. The highest BCUT2D eigenvalue weighted by Crippen LogP contribution is 1.85. The molecule has 0 rings (SSSR count). The Morgan fingerprint density at radius 3 is 2.70 bits per heavy atom. The molecule has 0 radical (unpaired) electrons. The predicted octanol–water partition coefficient (Wildman–Crippen LogP) is 0.525. The van der Waals surface area contributed by atoms with Crippen LogP contribution in [0.3, 0.4) is 0 Å². The Labute approximate surface area is 62.9 Å². The maximum Gasteiger partial charge on any atom is 0.0481 e. The second-order valence-corrected chi connectivity index (χ2v) is 2.29. The zero-order valence-electron chi connectivity index (χ0n) is 6.85. The van der Waals surface area contributed by atoms with E-state index in [-0.39, 0.29) is 0 Å². The maximum atomic E-state index is 6.90. The van der Waals surface area contributed by atoms with Crippen LogP contribution < -0.4 is 5.32 Å². The summed E-state index contributed by atoms with van der Waals surface area (Å²) in [5, 5.41) is 9.96.